The Kier molecular flexibility index (Phi) is 7.78. The zero-order valence-electron chi connectivity index (χ0n) is 11.3. The largest absolute Gasteiger partial charge is 0.293 e. The van der Waals surface area contributed by atoms with Crippen molar-refractivity contribution in [2.24, 2.45) is 10.9 Å². The van der Waals surface area contributed by atoms with Crippen LogP contribution in [0, 0.1) is 5.92 Å². The summed E-state index contributed by atoms with van der Waals surface area (Å²) in [5, 5.41) is 0. The average molecular weight is 223 g/mol. The van der Waals surface area contributed by atoms with E-state index in [-0.39, 0.29) is 5.78 Å². The van der Waals surface area contributed by atoms with Gasteiger partial charge in [0.25, 0.3) is 0 Å². The molecule has 2 nitrogen and oxygen atoms in total. The van der Waals surface area contributed by atoms with Crippen LogP contribution in [0.1, 0.15) is 60.3 Å². The van der Waals surface area contributed by atoms with Crippen LogP contribution in [-0.4, -0.2) is 11.5 Å². The molecule has 0 aliphatic rings. The summed E-state index contributed by atoms with van der Waals surface area (Å²) < 4.78 is 0. The lowest BCUT2D eigenvalue weighted by Crippen LogP contribution is -2.11. The minimum atomic E-state index is 0.0520. The first-order valence-corrected chi connectivity index (χ1v) is 6.31. The number of unbranched alkanes of at least 4 members (excludes halogenated alkanes) is 1. The minimum absolute atomic E-state index is 0.0520. The zero-order valence-corrected chi connectivity index (χ0v) is 11.3. The van der Waals surface area contributed by atoms with Crippen LogP contribution in [0.2, 0.25) is 0 Å². The van der Waals surface area contributed by atoms with Crippen molar-refractivity contribution in [2.45, 2.75) is 60.3 Å². The van der Waals surface area contributed by atoms with Gasteiger partial charge in [0, 0.05) is 12.6 Å². The smallest absolute Gasteiger partial charge is 0.177 e. The molecule has 0 aromatic carbocycles. The van der Waals surface area contributed by atoms with Crippen LogP contribution < -0.4 is 0 Å². The fourth-order valence-corrected chi connectivity index (χ4v) is 1.72. The average Bonchev–Trinajstić information content (AvgIpc) is 2.27. The molecule has 0 rings (SSSR count). The molecule has 0 aliphatic carbocycles. The monoisotopic (exact) mass is 223 g/mol. The molecule has 0 heterocycles. The quantitative estimate of drug-likeness (QED) is 0.471. The van der Waals surface area contributed by atoms with Gasteiger partial charge in [-0.1, -0.05) is 39.7 Å². The topological polar surface area (TPSA) is 29.4 Å². The highest BCUT2D eigenvalue weighted by atomic mass is 16.1. The van der Waals surface area contributed by atoms with Crippen molar-refractivity contribution in [3.8, 4) is 0 Å². The van der Waals surface area contributed by atoms with Crippen molar-refractivity contribution in [1.29, 1.82) is 0 Å². The van der Waals surface area contributed by atoms with E-state index in [1.807, 2.05) is 6.92 Å². The molecule has 0 bridgehead atoms. The van der Waals surface area contributed by atoms with Gasteiger partial charge >= 0.3 is 0 Å². The van der Waals surface area contributed by atoms with Crippen molar-refractivity contribution < 1.29 is 4.79 Å². The van der Waals surface area contributed by atoms with Gasteiger partial charge in [-0.25, -0.2) is 0 Å². The third-order valence-corrected chi connectivity index (χ3v) is 2.82. The normalized spacial score (nSPS) is 15.1. The molecule has 2 heteroatoms. The number of carbonyl (C=O) groups excluding carboxylic acids is 1. The van der Waals surface area contributed by atoms with Gasteiger partial charge in [-0.2, -0.15) is 0 Å². The number of Topliss-reactive ketones (excluding diaryl/α,β-unsaturated/α-hetero) is 1. The van der Waals surface area contributed by atoms with Gasteiger partial charge in [-0.05, 0) is 25.7 Å². The Morgan fingerprint density at radius 1 is 1.38 bits per heavy atom. The third kappa shape index (κ3) is 5.24. The zero-order chi connectivity index (χ0) is 12.6. The molecule has 0 N–H and O–H groups in total. The summed E-state index contributed by atoms with van der Waals surface area (Å²) in [5.41, 5.74) is 1.75. The Hall–Kier alpha value is -0.920. The third-order valence-electron chi connectivity index (χ3n) is 2.82. The van der Waals surface area contributed by atoms with Crippen LogP contribution in [0.4, 0.5) is 0 Å². The van der Waals surface area contributed by atoms with E-state index in [4.69, 9.17) is 0 Å². The van der Waals surface area contributed by atoms with Gasteiger partial charge in [0.05, 0.1) is 0 Å². The van der Waals surface area contributed by atoms with Crippen LogP contribution in [0.15, 0.2) is 16.8 Å². The van der Waals surface area contributed by atoms with Crippen molar-refractivity contribution in [1.82, 2.24) is 0 Å². The van der Waals surface area contributed by atoms with E-state index < -0.39 is 0 Å². The second-order valence-electron chi connectivity index (χ2n) is 4.23. The van der Waals surface area contributed by atoms with E-state index in [1.165, 1.54) is 12.8 Å². The number of hydrogen-bond donors (Lipinski definition) is 0. The van der Waals surface area contributed by atoms with Gasteiger partial charge in [-0.15, -0.1) is 0 Å². The molecule has 0 amide bonds. The number of nitrogens with zero attached hydrogens (tertiary/aromatic N) is 1. The molecule has 0 aromatic rings. The highest BCUT2D eigenvalue weighted by molar-refractivity contribution is 5.97. The summed E-state index contributed by atoms with van der Waals surface area (Å²) >= 11 is 0. The molecule has 1 atom stereocenters. The van der Waals surface area contributed by atoms with E-state index in [1.54, 1.807) is 13.0 Å². The van der Waals surface area contributed by atoms with E-state index in [9.17, 15) is 4.79 Å². The number of hydrogen-bond acceptors (Lipinski definition) is 2. The van der Waals surface area contributed by atoms with Crippen LogP contribution in [0.3, 0.4) is 0 Å². The summed E-state index contributed by atoms with van der Waals surface area (Å²) in [6.45, 7) is 9.94. The molecule has 0 spiro atoms. The lowest BCUT2D eigenvalue weighted by molar-refractivity contribution is -0.113. The fraction of sp³-hybridized carbons (Fsp3) is 0.714. The SMILES string of the molecule is C/C=C(\N=C(/CC)C(C)CCCC)C(C)=O. The number of ketones is 1. The van der Waals surface area contributed by atoms with Gasteiger partial charge in [-0.3, -0.25) is 9.79 Å². The van der Waals surface area contributed by atoms with Crippen LogP contribution in [0.25, 0.3) is 0 Å². The predicted octanol–water partition coefficient (Wildman–Crippen LogP) is 4.16. The van der Waals surface area contributed by atoms with Gasteiger partial charge in [0.1, 0.15) is 5.70 Å². The van der Waals surface area contributed by atoms with Gasteiger partial charge in [0.15, 0.2) is 5.78 Å². The predicted molar refractivity (Wildman–Crippen MR) is 70.9 cm³/mol. The lowest BCUT2D eigenvalue weighted by Gasteiger charge is -2.13. The summed E-state index contributed by atoms with van der Waals surface area (Å²) in [6, 6.07) is 0. The van der Waals surface area contributed by atoms with Gasteiger partial charge < -0.3 is 0 Å². The molecule has 0 radical (unpaired) electrons. The number of carbonyl (C=O) groups is 1. The summed E-state index contributed by atoms with van der Waals surface area (Å²) in [5.74, 6) is 0.537. The van der Waals surface area contributed by atoms with Crippen LogP contribution in [-0.2, 0) is 4.79 Å². The Morgan fingerprint density at radius 2 is 2.00 bits per heavy atom. The van der Waals surface area contributed by atoms with Crippen molar-refractivity contribution in [3.05, 3.63) is 11.8 Å². The molecule has 0 saturated carbocycles. The summed E-state index contributed by atoms with van der Waals surface area (Å²) in [7, 11) is 0. The Morgan fingerprint density at radius 3 is 2.38 bits per heavy atom. The number of aliphatic imine (C=N–C) groups is 1. The second-order valence-corrected chi connectivity index (χ2v) is 4.23. The van der Waals surface area contributed by atoms with Gasteiger partial charge in [0.2, 0.25) is 0 Å². The maximum atomic E-state index is 11.3. The van der Waals surface area contributed by atoms with E-state index in [0.29, 0.717) is 11.6 Å². The molecule has 1 unspecified atom stereocenters. The molecule has 0 saturated heterocycles. The Bertz CT molecular complexity index is 276. The first-order valence-electron chi connectivity index (χ1n) is 6.31. The maximum absolute atomic E-state index is 11.3. The molecule has 0 aliphatic heterocycles. The molecule has 16 heavy (non-hydrogen) atoms. The Balaban J connectivity index is 4.69. The molecular weight excluding hydrogens is 198 g/mol. The minimum Gasteiger partial charge on any atom is -0.293 e. The molecule has 0 aromatic heterocycles. The molecule has 0 fully saturated rings. The number of rotatable bonds is 7. The molecule has 92 valence electrons. The van der Waals surface area contributed by atoms with Crippen molar-refractivity contribution in [3.63, 3.8) is 0 Å². The first kappa shape index (κ1) is 15.1. The van der Waals surface area contributed by atoms with E-state index >= 15 is 0 Å². The molecular formula is C14H25NO. The summed E-state index contributed by atoms with van der Waals surface area (Å²) in [6.07, 6.45) is 6.33. The summed E-state index contributed by atoms with van der Waals surface area (Å²) in [4.78, 5) is 15.8. The second kappa shape index (κ2) is 8.26. The van der Waals surface area contributed by atoms with Crippen LogP contribution >= 0.6 is 0 Å². The highest BCUT2D eigenvalue weighted by Crippen LogP contribution is 2.14. The van der Waals surface area contributed by atoms with Crippen molar-refractivity contribution >= 4 is 11.5 Å². The van der Waals surface area contributed by atoms with Crippen LogP contribution in [0.5, 0.6) is 0 Å². The van der Waals surface area contributed by atoms with E-state index in [0.717, 1.165) is 18.6 Å². The lowest BCUT2D eigenvalue weighted by atomic mass is 9.97. The van der Waals surface area contributed by atoms with Crippen molar-refractivity contribution in [2.75, 3.05) is 0 Å². The highest BCUT2D eigenvalue weighted by Gasteiger charge is 2.10. The number of allylic oxidation sites excluding steroid dienone is 2. The maximum Gasteiger partial charge on any atom is 0.177 e. The fourth-order valence-electron chi connectivity index (χ4n) is 1.72. The standard InChI is InChI=1S/C14H25NO/c1-6-9-10-11(4)13(7-2)15-14(8-3)12(5)16/h8,11H,6-7,9-10H2,1-5H3/b14-8-,15-13+. The Labute approximate surface area is 99.9 Å². The van der Waals surface area contributed by atoms with E-state index in [2.05, 4.69) is 25.8 Å². The first-order chi connectivity index (χ1) is 7.56.